The molecule has 3 heterocycles. The summed E-state index contributed by atoms with van der Waals surface area (Å²) in [6.45, 7) is 4.28. The Morgan fingerprint density at radius 1 is 1.45 bits per heavy atom. The van der Waals surface area contributed by atoms with Crippen molar-refractivity contribution in [3.05, 3.63) is 29.8 Å². The summed E-state index contributed by atoms with van der Waals surface area (Å²) in [5.41, 5.74) is 0.753. The molecule has 0 saturated carbocycles. The lowest BCUT2D eigenvalue weighted by atomic mass is 9.78. The summed E-state index contributed by atoms with van der Waals surface area (Å²) in [5.74, 6) is 0. The van der Waals surface area contributed by atoms with Gasteiger partial charge in [0.05, 0.1) is 4.90 Å². The van der Waals surface area contributed by atoms with Gasteiger partial charge in [-0.05, 0) is 30.5 Å². The second-order valence-electron chi connectivity index (χ2n) is 5.86. The Hall–Kier alpha value is -0.910. The second-order valence-corrected chi connectivity index (χ2v) is 7.87. The molecule has 0 N–H and O–H groups in total. The molecule has 4 nitrogen and oxygen atoms in total. The normalized spacial score (nSPS) is 30.0. The molecule has 3 aliphatic heterocycles. The third-order valence-corrected chi connectivity index (χ3v) is 5.49. The van der Waals surface area contributed by atoms with Crippen LogP contribution in [0.25, 0.3) is 0 Å². The first-order valence-corrected chi connectivity index (χ1v) is 9.06. The topological polar surface area (TPSA) is 46.6 Å². The lowest BCUT2D eigenvalue weighted by molar-refractivity contribution is -0.304. The summed E-state index contributed by atoms with van der Waals surface area (Å²) >= 11 is 0. The highest BCUT2D eigenvalue weighted by Gasteiger charge is 2.52. The highest BCUT2D eigenvalue weighted by Crippen LogP contribution is 2.49. The van der Waals surface area contributed by atoms with E-state index in [1.165, 1.54) is 6.26 Å². The molecule has 0 aromatic heterocycles. The first-order chi connectivity index (χ1) is 9.44. The van der Waals surface area contributed by atoms with E-state index in [1.807, 2.05) is 12.1 Å². The summed E-state index contributed by atoms with van der Waals surface area (Å²) in [7, 11) is -3.16. The van der Waals surface area contributed by atoms with Crippen LogP contribution < -0.4 is 0 Å². The van der Waals surface area contributed by atoms with Crippen molar-refractivity contribution in [2.24, 2.45) is 0 Å². The van der Waals surface area contributed by atoms with Crippen LogP contribution in [0.1, 0.15) is 31.7 Å². The standard InChI is InChI=1S/C15H21NO3S/c1-3-8-16-9-7-15(11-14(16)19-15)12-5-4-6-13(10-12)20(2,17)18/h4-6,10,14H,3,7-9,11H2,1-2H3/t14-,15-/m1/s1. The molecular weight excluding hydrogens is 274 g/mol. The SMILES string of the molecule is CCCN1CC[C@]2(c3cccc(S(C)(=O)=O)c3)C[C@H]1O2. The van der Waals surface area contributed by atoms with Gasteiger partial charge >= 0.3 is 0 Å². The average Bonchev–Trinajstić information content (AvgIpc) is 2.38. The Kier molecular flexibility index (Phi) is 3.39. The number of fused-ring (bicyclic) bond motifs is 2. The second kappa shape index (κ2) is 4.83. The fourth-order valence-electron chi connectivity index (χ4n) is 3.25. The van der Waals surface area contributed by atoms with Crippen LogP contribution >= 0.6 is 0 Å². The van der Waals surface area contributed by atoms with Crippen molar-refractivity contribution in [3.63, 3.8) is 0 Å². The quantitative estimate of drug-likeness (QED) is 0.854. The Morgan fingerprint density at radius 3 is 2.75 bits per heavy atom. The maximum absolute atomic E-state index is 11.7. The maximum atomic E-state index is 11.7. The van der Waals surface area contributed by atoms with Crippen molar-refractivity contribution in [2.75, 3.05) is 19.3 Å². The Bertz CT molecular complexity index is 600. The van der Waals surface area contributed by atoms with Crippen LogP contribution in [0.15, 0.2) is 29.2 Å². The first-order valence-electron chi connectivity index (χ1n) is 7.17. The third kappa shape index (κ3) is 2.28. The van der Waals surface area contributed by atoms with Crippen LogP contribution in [0, 0.1) is 0 Å². The molecule has 110 valence electrons. The number of rotatable bonds is 4. The zero-order valence-corrected chi connectivity index (χ0v) is 12.8. The van der Waals surface area contributed by atoms with E-state index in [4.69, 9.17) is 4.74 Å². The molecule has 20 heavy (non-hydrogen) atoms. The van der Waals surface area contributed by atoms with E-state index < -0.39 is 9.84 Å². The molecule has 2 atom stereocenters. The molecule has 0 unspecified atom stereocenters. The number of piperidine rings is 1. The van der Waals surface area contributed by atoms with Crippen LogP contribution in [-0.2, 0) is 20.2 Å². The van der Waals surface area contributed by atoms with Gasteiger partial charge in [0.15, 0.2) is 9.84 Å². The van der Waals surface area contributed by atoms with Gasteiger partial charge in [-0.25, -0.2) is 8.42 Å². The zero-order valence-electron chi connectivity index (χ0n) is 12.0. The van der Waals surface area contributed by atoms with Crippen LogP contribution in [0.3, 0.4) is 0 Å². The fraction of sp³-hybridized carbons (Fsp3) is 0.600. The van der Waals surface area contributed by atoms with Gasteiger partial charge in [0.25, 0.3) is 0 Å². The van der Waals surface area contributed by atoms with Gasteiger partial charge in [0.1, 0.15) is 11.8 Å². The number of hydrogen-bond acceptors (Lipinski definition) is 4. The van der Waals surface area contributed by atoms with E-state index in [0.717, 1.165) is 37.9 Å². The van der Waals surface area contributed by atoms with Gasteiger partial charge in [-0.2, -0.15) is 0 Å². The molecule has 0 radical (unpaired) electrons. The molecule has 2 bridgehead atoms. The maximum Gasteiger partial charge on any atom is 0.175 e. The average molecular weight is 295 g/mol. The van der Waals surface area contributed by atoms with Crippen molar-refractivity contribution in [3.8, 4) is 0 Å². The molecule has 3 fully saturated rings. The molecule has 4 rings (SSSR count). The van der Waals surface area contributed by atoms with Crippen molar-refractivity contribution in [2.45, 2.75) is 42.9 Å². The molecule has 0 aliphatic carbocycles. The summed E-state index contributed by atoms with van der Waals surface area (Å²) < 4.78 is 29.5. The van der Waals surface area contributed by atoms with Gasteiger partial charge in [-0.1, -0.05) is 19.1 Å². The lowest BCUT2D eigenvalue weighted by Crippen LogP contribution is -2.62. The van der Waals surface area contributed by atoms with E-state index >= 15 is 0 Å². The van der Waals surface area contributed by atoms with Gasteiger partial charge in [-0.15, -0.1) is 0 Å². The Morgan fingerprint density at radius 2 is 2.20 bits per heavy atom. The smallest absolute Gasteiger partial charge is 0.175 e. The van der Waals surface area contributed by atoms with Gasteiger partial charge in [0, 0.05) is 25.8 Å². The summed E-state index contributed by atoms with van der Waals surface area (Å²) in [4.78, 5) is 2.76. The number of nitrogens with zero attached hydrogens (tertiary/aromatic N) is 1. The first kappa shape index (κ1) is 14.0. The highest BCUT2D eigenvalue weighted by atomic mass is 32.2. The Balaban J connectivity index is 1.83. The van der Waals surface area contributed by atoms with E-state index in [0.29, 0.717) is 4.90 Å². The minimum absolute atomic E-state index is 0.214. The van der Waals surface area contributed by atoms with E-state index in [9.17, 15) is 8.42 Å². The van der Waals surface area contributed by atoms with Crippen LogP contribution in [-0.4, -0.2) is 38.9 Å². The fourth-order valence-corrected chi connectivity index (χ4v) is 3.92. The summed E-state index contributed by atoms with van der Waals surface area (Å²) in [5, 5.41) is 0. The van der Waals surface area contributed by atoms with Crippen LogP contribution in [0.5, 0.6) is 0 Å². The zero-order chi connectivity index (χ0) is 14.4. The van der Waals surface area contributed by atoms with Crippen molar-refractivity contribution >= 4 is 9.84 Å². The number of ether oxygens (including phenoxy) is 1. The van der Waals surface area contributed by atoms with E-state index in [1.54, 1.807) is 12.1 Å². The number of hydrogen-bond donors (Lipinski definition) is 0. The molecule has 1 aromatic carbocycles. The summed E-state index contributed by atoms with van der Waals surface area (Å²) in [6.07, 6.45) is 4.51. The van der Waals surface area contributed by atoms with Gasteiger partial charge in [0.2, 0.25) is 0 Å². The molecule has 0 spiro atoms. The Labute approximate surface area is 120 Å². The molecule has 0 amide bonds. The van der Waals surface area contributed by atoms with Crippen LogP contribution in [0.2, 0.25) is 0 Å². The molecule has 5 heteroatoms. The number of benzene rings is 1. The summed E-state index contributed by atoms with van der Waals surface area (Å²) in [6, 6.07) is 7.23. The molecular formula is C15H21NO3S. The third-order valence-electron chi connectivity index (χ3n) is 4.38. The minimum Gasteiger partial charge on any atom is -0.352 e. The minimum atomic E-state index is -3.16. The predicted molar refractivity (Wildman–Crippen MR) is 77.2 cm³/mol. The van der Waals surface area contributed by atoms with Crippen LogP contribution in [0.4, 0.5) is 0 Å². The largest absolute Gasteiger partial charge is 0.352 e. The lowest BCUT2D eigenvalue weighted by Gasteiger charge is -2.57. The number of sulfone groups is 1. The van der Waals surface area contributed by atoms with Crippen molar-refractivity contribution < 1.29 is 13.2 Å². The van der Waals surface area contributed by atoms with E-state index in [2.05, 4.69) is 11.8 Å². The monoisotopic (exact) mass is 295 g/mol. The van der Waals surface area contributed by atoms with Crippen molar-refractivity contribution in [1.82, 2.24) is 4.90 Å². The molecule has 3 aliphatic rings. The van der Waals surface area contributed by atoms with E-state index in [-0.39, 0.29) is 11.8 Å². The van der Waals surface area contributed by atoms with Gasteiger partial charge < -0.3 is 4.74 Å². The molecule has 1 aromatic rings. The highest BCUT2D eigenvalue weighted by molar-refractivity contribution is 7.90. The molecule has 3 saturated heterocycles. The van der Waals surface area contributed by atoms with Gasteiger partial charge in [-0.3, -0.25) is 4.90 Å². The predicted octanol–water partition coefficient (Wildman–Crippen LogP) is 2.15. The van der Waals surface area contributed by atoms with Crippen molar-refractivity contribution in [1.29, 1.82) is 0 Å².